The van der Waals surface area contributed by atoms with E-state index in [1.54, 1.807) is 0 Å². The highest BCUT2D eigenvalue weighted by atomic mass is 14.6. The maximum Gasteiger partial charge on any atom is 0.0396 e. The predicted molar refractivity (Wildman–Crippen MR) is 180 cm³/mol. The molecule has 2 nitrogen and oxygen atoms in total. The highest BCUT2D eigenvalue weighted by Crippen LogP contribution is 2.34. The highest BCUT2D eigenvalue weighted by Gasteiger charge is 2.18. The van der Waals surface area contributed by atoms with Crippen LogP contribution in [0.5, 0.6) is 0 Å². The second kappa shape index (κ2) is 26.6. The van der Waals surface area contributed by atoms with Gasteiger partial charge in [-0.3, -0.25) is 0 Å². The van der Waals surface area contributed by atoms with Gasteiger partial charge >= 0.3 is 0 Å². The van der Waals surface area contributed by atoms with Gasteiger partial charge in [0.05, 0.1) is 0 Å². The first-order valence-electron chi connectivity index (χ1n) is 16.2. The van der Waals surface area contributed by atoms with Crippen LogP contribution in [0.15, 0.2) is 30.3 Å². The minimum absolute atomic E-state index is 0.864. The fourth-order valence-electron chi connectivity index (χ4n) is 4.50. The van der Waals surface area contributed by atoms with E-state index in [1.165, 1.54) is 61.6 Å². The maximum atomic E-state index is 6.41. The lowest BCUT2D eigenvalue weighted by atomic mass is 9.80. The van der Waals surface area contributed by atoms with E-state index in [0.717, 1.165) is 47.2 Å². The Morgan fingerprint density at radius 1 is 0.711 bits per heavy atom. The Morgan fingerprint density at radius 2 is 1.24 bits per heavy atom. The summed E-state index contributed by atoms with van der Waals surface area (Å²) in [7, 11) is 0. The van der Waals surface area contributed by atoms with Crippen molar-refractivity contribution in [3.63, 3.8) is 0 Å². The first-order chi connectivity index (χ1) is 18.4. The summed E-state index contributed by atoms with van der Waals surface area (Å²) in [6.07, 6.45) is 11.6. The molecular weight excluding hydrogens is 460 g/mol. The van der Waals surface area contributed by atoms with Gasteiger partial charge in [-0.05, 0) is 72.4 Å². The van der Waals surface area contributed by atoms with Crippen molar-refractivity contribution in [1.29, 1.82) is 0 Å². The Labute approximate surface area is 240 Å². The highest BCUT2D eigenvalue weighted by molar-refractivity contribution is 5.80. The van der Waals surface area contributed by atoms with E-state index in [1.807, 2.05) is 55.4 Å². The molecule has 0 aromatic heterocycles. The van der Waals surface area contributed by atoms with Gasteiger partial charge in [0.1, 0.15) is 0 Å². The SMILES string of the molecule is CC.CC.CC.CC.CCCC.CCc1c(C)cc(-c2ccc(CCC3CCC(C)CC3)cc2N)cc1N. The van der Waals surface area contributed by atoms with Gasteiger partial charge in [0, 0.05) is 16.9 Å². The zero-order valence-corrected chi connectivity index (χ0v) is 28.1. The van der Waals surface area contributed by atoms with Crippen molar-refractivity contribution < 1.29 is 0 Å². The predicted octanol–water partition coefficient (Wildman–Crippen LogP) is 12.1. The van der Waals surface area contributed by atoms with Gasteiger partial charge in [-0.2, -0.15) is 0 Å². The number of hydrogen-bond donors (Lipinski definition) is 2. The Kier molecular flexibility index (Phi) is 28.4. The van der Waals surface area contributed by atoms with Gasteiger partial charge in [-0.25, -0.2) is 0 Å². The topological polar surface area (TPSA) is 52.0 Å². The minimum Gasteiger partial charge on any atom is -0.398 e. The molecule has 0 unspecified atom stereocenters. The van der Waals surface area contributed by atoms with E-state index in [4.69, 9.17) is 11.5 Å². The Balaban J connectivity index is -0.000000886. The van der Waals surface area contributed by atoms with Crippen molar-refractivity contribution in [2.24, 2.45) is 11.8 Å². The average molecular weight is 529 g/mol. The lowest BCUT2D eigenvalue weighted by molar-refractivity contribution is 0.278. The van der Waals surface area contributed by atoms with Gasteiger partial charge in [0.15, 0.2) is 0 Å². The molecule has 38 heavy (non-hydrogen) atoms. The molecule has 1 saturated carbocycles. The zero-order chi connectivity index (χ0) is 30.1. The van der Waals surface area contributed by atoms with Crippen molar-refractivity contribution in [2.75, 3.05) is 11.5 Å². The molecular formula is C36H68N2. The molecule has 0 radical (unpaired) electrons. The van der Waals surface area contributed by atoms with Crippen LogP contribution in [0.3, 0.4) is 0 Å². The fraction of sp³-hybridized carbons (Fsp3) is 0.667. The van der Waals surface area contributed by atoms with Crippen molar-refractivity contribution >= 4 is 11.4 Å². The molecule has 0 atom stereocenters. The molecule has 222 valence electrons. The van der Waals surface area contributed by atoms with Crippen molar-refractivity contribution in [3.8, 4) is 11.1 Å². The van der Waals surface area contributed by atoms with E-state index < -0.39 is 0 Å². The molecule has 0 aliphatic heterocycles. The number of benzene rings is 2. The largest absolute Gasteiger partial charge is 0.398 e. The van der Waals surface area contributed by atoms with Crippen LogP contribution in [0.1, 0.15) is 145 Å². The van der Waals surface area contributed by atoms with E-state index >= 15 is 0 Å². The van der Waals surface area contributed by atoms with Crippen LogP contribution in [-0.2, 0) is 12.8 Å². The molecule has 2 aromatic carbocycles. The second-order valence-electron chi connectivity index (χ2n) is 9.30. The number of rotatable bonds is 6. The van der Waals surface area contributed by atoms with Gasteiger partial charge < -0.3 is 11.5 Å². The molecule has 2 aromatic rings. The molecule has 4 N–H and O–H groups in total. The maximum absolute atomic E-state index is 6.41. The summed E-state index contributed by atoms with van der Waals surface area (Å²) in [5.41, 5.74) is 20.5. The lowest BCUT2D eigenvalue weighted by Gasteiger charge is -2.26. The van der Waals surface area contributed by atoms with Crippen LogP contribution in [0.4, 0.5) is 11.4 Å². The third-order valence-electron chi connectivity index (χ3n) is 6.76. The smallest absolute Gasteiger partial charge is 0.0396 e. The fourth-order valence-corrected chi connectivity index (χ4v) is 4.50. The number of nitrogens with two attached hydrogens (primary N) is 2. The summed E-state index contributed by atoms with van der Waals surface area (Å²) in [5.74, 6) is 1.83. The molecule has 3 rings (SSSR count). The van der Waals surface area contributed by atoms with Crippen molar-refractivity contribution in [1.82, 2.24) is 0 Å². The molecule has 0 amide bonds. The standard InChI is InChI=1S/C24H34N2.C4H10.4C2H6/c1-4-21-17(3)13-20(15-24(21)26)22-12-11-19(14-23(22)25)10-9-18-7-5-16(2)6-8-18;1-3-4-2;4*1-2/h11-16,18H,4-10,25-26H2,1-3H3;3-4H2,1-2H3;4*1-2H3. The summed E-state index contributed by atoms with van der Waals surface area (Å²) in [6.45, 7) is 27.0. The van der Waals surface area contributed by atoms with E-state index in [2.05, 4.69) is 65.0 Å². The third kappa shape index (κ3) is 15.5. The van der Waals surface area contributed by atoms with Gasteiger partial charge in [0.2, 0.25) is 0 Å². The summed E-state index contributed by atoms with van der Waals surface area (Å²) in [4.78, 5) is 0. The van der Waals surface area contributed by atoms with Crippen LogP contribution in [0.2, 0.25) is 0 Å². The van der Waals surface area contributed by atoms with Gasteiger partial charge in [-0.15, -0.1) is 0 Å². The average Bonchev–Trinajstić information content (AvgIpc) is 2.97. The van der Waals surface area contributed by atoms with Gasteiger partial charge in [0.25, 0.3) is 0 Å². The number of anilines is 2. The summed E-state index contributed by atoms with van der Waals surface area (Å²) >= 11 is 0. The quantitative estimate of drug-likeness (QED) is 0.366. The number of aryl methyl sites for hydroxylation is 2. The Bertz CT molecular complexity index is 761. The molecule has 1 fully saturated rings. The van der Waals surface area contributed by atoms with E-state index in [9.17, 15) is 0 Å². The van der Waals surface area contributed by atoms with Crippen LogP contribution in [0, 0.1) is 18.8 Å². The van der Waals surface area contributed by atoms with Crippen molar-refractivity contribution in [3.05, 3.63) is 47.0 Å². The normalized spacial score (nSPS) is 15.3. The molecule has 1 aliphatic carbocycles. The van der Waals surface area contributed by atoms with E-state index in [-0.39, 0.29) is 0 Å². The second-order valence-corrected chi connectivity index (χ2v) is 9.30. The molecule has 0 heterocycles. The van der Waals surface area contributed by atoms with Crippen molar-refractivity contribution in [2.45, 2.75) is 148 Å². The summed E-state index contributed by atoms with van der Waals surface area (Å²) < 4.78 is 0. The van der Waals surface area contributed by atoms with E-state index in [0.29, 0.717) is 0 Å². The first-order valence-corrected chi connectivity index (χ1v) is 16.2. The molecule has 0 spiro atoms. The molecule has 0 bridgehead atoms. The Morgan fingerprint density at radius 3 is 1.66 bits per heavy atom. The monoisotopic (exact) mass is 529 g/mol. The number of nitrogen functional groups attached to an aromatic ring is 2. The molecule has 0 saturated heterocycles. The molecule has 2 heteroatoms. The first kappa shape index (κ1) is 40.5. The summed E-state index contributed by atoms with van der Waals surface area (Å²) in [6, 6.07) is 10.9. The zero-order valence-electron chi connectivity index (χ0n) is 28.1. The minimum atomic E-state index is 0.864. The summed E-state index contributed by atoms with van der Waals surface area (Å²) in [5, 5.41) is 0. The van der Waals surface area contributed by atoms with Crippen LogP contribution < -0.4 is 11.5 Å². The molecule has 1 aliphatic rings. The van der Waals surface area contributed by atoms with Crippen LogP contribution >= 0.6 is 0 Å². The lowest BCUT2D eigenvalue weighted by Crippen LogP contribution is -2.13. The number of hydrogen-bond acceptors (Lipinski definition) is 2. The van der Waals surface area contributed by atoms with Gasteiger partial charge in [-0.1, -0.05) is 140 Å². The number of unbranched alkanes of at least 4 members (excludes halogenated alkanes) is 1. The Hall–Kier alpha value is -1.96. The third-order valence-corrected chi connectivity index (χ3v) is 6.76. The van der Waals surface area contributed by atoms with Crippen LogP contribution in [-0.4, -0.2) is 0 Å². The van der Waals surface area contributed by atoms with Crippen LogP contribution in [0.25, 0.3) is 11.1 Å².